The second-order valence-electron chi connectivity index (χ2n) is 6.74. The van der Waals surface area contributed by atoms with Crippen LogP contribution in [-0.4, -0.2) is 26.5 Å². The van der Waals surface area contributed by atoms with Crippen LogP contribution in [0.3, 0.4) is 0 Å². The molecule has 0 bridgehead atoms. The molecule has 1 amide bonds. The first-order valence-electron chi connectivity index (χ1n) is 8.78. The highest BCUT2D eigenvalue weighted by Crippen LogP contribution is 2.40. The number of nitrogens with one attached hydrogen (secondary N) is 2. The molecule has 3 N–H and O–H groups in total. The van der Waals surface area contributed by atoms with Crippen LogP contribution in [0.5, 0.6) is 0 Å². The number of fused-ring (bicyclic) bond motifs is 2. The molecule has 1 heterocycles. The fraction of sp³-hybridized carbons (Fsp3) is 0.200. The molecule has 2 atom stereocenters. The van der Waals surface area contributed by atoms with Crippen LogP contribution in [0.4, 0.5) is 0 Å². The van der Waals surface area contributed by atoms with Gasteiger partial charge in [0.1, 0.15) is 6.54 Å². The van der Waals surface area contributed by atoms with Gasteiger partial charge in [0.15, 0.2) is 0 Å². The summed E-state index contributed by atoms with van der Waals surface area (Å²) in [7, 11) is 0. The monoisotopic (exact) mass is 379 g/mol. The first-order chi connectivity index (χ1) is 13.5. The average Bonchev–Trinajstić information content (AvgIpc) is 3.04. The summed E-state index contributed by atoms with van der Waals surface area (Å²) in [6.45, 7) is -0.285. The molecule has 142 valence electrons. The molecule has 0 saturated heterocycles. The second-order valence-corrected chi connectivity index (χ2v) is 6.74. The number of carbonyl (C=O) groups excluding carboxylic acids is 1. The molecule has 1 aliphatic rings. The van der Waals surface area contributed by atoms with Crippen molar-refractivity contribution >= 4 is 22.8 Å². The molecule has 0 saturated carbocycles. The number of H-pyrrole nitrogens is 1. The molecule has 3 aromatic rings. The molecule has 8 heteroatoms. The quantitative estimate of drug-likeness (QED) is 0.627. The summed E-state index contributed by atoms with van der Waals surface area (Å²) in [6.07, 6.45) is 0.252. The van der Waals surface area contributed by atoms with E-state index in [1.54, 1.807) is 48.5 Å². The Kier molecular flexibility index (Phi) is 4.31. The minimum Gasteiger partial charge on any atom is -0.481 e. The normalized spacial score (nSPS) is 18.0. The van der Waals surface area contributed by atoms with Crippen LogP contribution in [0, 0.1) is 0 Å². The molecule has 4 rings (SSSR count). The number of aromatic amines is 1. The predicted molar refractivity (Wildman–Crippen MR) is 101 cm³/mol. The van der Waals surface area contributed by atoms with Gasteiger partial charge in [-0.2, -0.15) is 0 Å². The number of hydrogen-bond donors (Lipinski definition) is 3. The van der Waals surface area contributed by atoms with Crippen molar-refractivity contribution in [3.05, 3.63) is 80.5 Å². The van der Waals surface area contributed by atoms with Crippen LogP contribution >= 0.6 is 0 Å². The molecule has 1 aliphatic carbocycles. The molecule has 8 nitrogen and oxygen atoms in total. The van der Waals surface area contributed by atoms with Crippen molar-refractivity contribution < 1.29 is 14.7 Å². The number of amides is 1. The smallest absolute Gasteiger partial charge is 0.329 e. The minimum atomic E-state index is -0.938. The third-order valence-corrected chi connectivity index (χ3v) is 5.06. The van der Waals surface area contributed by atoms with Crippen molar-refractivity contribution in [1.29, 1.82) is 0 Å². The van der Waals surface area contributed by atoms with Gasteiger partial charge in [-0.05, 0) is 29.7 Å². The van der Waals surface area contributed by atoms with Gasteiger partial charge in [-0.1, -0.05) is 36.4 Å². The molecule has 0 radical (unpaired) electrons. The topological polar surface area (TPSA) is 121 Å². The first-order valence-corrected chi connectivity index (χ1v) is 8.78. The van der Waals surface area contributed by atoms with Gasteiger partial charge >= 0.3 is 11.7 Å². The van der Waals surface area contributed by atoms with Gasteiger partial charge in [0.25, 0.3) is 5.56 Å². The minimum absolute atomic E-state index is 0.252. The lowest BCUT2D eigenvalue weighted by molar-refractivity contribution is -0.139. The predicted octanol–water partition coefficient (Wildman–Crippen LogP) is 1.12. The number of carbonyl (C=O) groups is 2. The van der Waals surface area contributed by atoms with E-state index >= 15 is 0 Å². The summed E-state index contributed by atoms with van der Waals surface area (Å²) in [5.41, 5.74) is 0.635. The van der Waals surface area contributed by atoms with E-state index in [4.69, 9.17) is 0 Å². The molecule has 0 spiro atoms. The van der Waals surface area contributed by atoms with Gasteiger partial charge in [-0.25, -0.2) is 4.79 Å². The zero-order valence-corrected chi connectivity index (χ0v) is 14.7. The van der Waals surface area contributed by atoms with Crippen molar-refractivity contribution in [2.45, 2.75) is 24.9 Å². The molecular formula is C20H17N3O5. The maximum absolute atomic E-state index is 12.6. The molecule has 2 unspecified atom stereocenters. The Morgan fingerprint density at radius 2 is 1.75 bits per heavy atom. The third-order valence-electron chi connectivity index (χ3n) is 5.06. The Morgan fingerprint density at radius 1 is 1.07 bits per heavy atom. The largest absolute Gasteiger partial charge is 0.481 e. The summed E-state index contributed by atoms with van der Waals surface area (Å²) in [4.78, 5) is 50.5. The van der Waals surface area contributed by atoms with E-state index < -0.39 is 35.1 Å². The molecule has 28 heavy (non-hydrogen) atoms. The highest BCUT2D eigenvalue weighted by molar-refractivity contribution is 5.83. The van der Waals surface area contributed by atoms with Gasteiger partial charge < -0.3 is 10.4 Å². The number of carboxylic acids is 1. The molecule has 1 aromatic heterocycles. The van der Waals surface area contributed by atoms with Crippen LogP contribution in [0.2, 0.25) is 0 Å². The van der Waals surface area contributed by atoms with Crippen LogP contribution < -0.4 is 16.6 Å². The highest BCUT2D eigenvalue weighted by atomic mass is 16.4. The zero-order valence-electron chi connectivity index (χ0n) is 14.7. The number of aromatic nitrogens is 2. The highest BCUT2D eigenvalue weighted by Gasteiger charge is 2.35. The van der Waals surface area contributed by atoms with Crippen molar-refractivity contribution in [2.75, 3.05) is 0 Å². The van der Waals surface area contributed by atoms with E-state index in [2.05, 4.69) is 10.3 Å². The van der Waals surface area contributed by atoms with Crippen LogP contribution in [0.25, 0.3) is 10.9 Å². The molecular weight excluding hydrogens is 362 g/mol. The van der Waals surface area contributed by atoms with Gasteiger partial charge in [-0.3, -0.25) is 23.9 Å². The van der Waals surface area contributed by atoms with Crippen LogP contribution in [0.15, 0.2) is 58.1 Å². The number of hydrogen-bond acceptors (Lipinski definition) is 4. The Morgan fingerprint density at radius 3 is 2.50 bits per heavy atom. The van der Waals surface area contributed by atoms with E-state index in [9.17, 15) is 24.3 Å². The summed E-state index contributed by atoms with van der Waals surface area (Å²) < 4.78 is 1.20. The Labute approximate surface area is 158 Å². The van der Waals surface area contributed by atoms with Crippen molar-refractivity contribution in [3.8, 4) is 0 Å². The number of para-hydroxylation sites is 1. The summed E-state index contributed by atoms with van der Waals surface area (Å²) in [5, 5.41) is 12.6. The van der Waals surface area contributed by atoms with Crippen LogP contribution in [0.1, 0.15) is 29.5 Å². The number of rotatable bonds is 4. The first kappa shape index (κ1) is 17.7. The number of benzene rings is 2. The maximum atomic E-state index is 12.6. The fourth-order valence-corrected chi connectivity index (χ4v) is 3.79. The fourth-order valence-electron chi connectivity index (χ4n) is 3.79. The Bertz CT molecular complexity index is 1210. The van der Waals surface area contributed by atoms with E-state index in [0.29, 0.717) is 16.5 Å². The van der Waals surface area contributed by atoms with Gasteiger partial charge in [0.2, 0.25) is 5.91 Å². The molecule has 2 aromatic carbocycles. The Hall–Kier alpha value is -3.68. The third kappa shape index (κ3) is 2.98. The lowest BCUT2D eigenvalue weighted by atomic mass is 10.0. The van der Waals surface area contributed by atoms with E-state index in [1.807, 2.05) is 0 Å². The lowest BCUT2D eigenvalue weighted by Gasteiger charge is -2.15. The van der Waals surface area contributed by atoms with E-state index in [1.165, 1.54) is 4.57 Å². The zero-order chi connectivity index (χ0) is 19.8. The summed E-state index contributed by atoms with van der Waals surface area (Å²) in [6, 6.07) is 13.2. The number of carboxylic acid groups (broad SMARTS) is 1. The average molecular weight is 379 g/mol. The molecule has 0 fully saturated rings. The summed E-state index contributed by atoms with van der Waals surface area (Å²) in [5.74, 6) is -2.06. The number of aliphatic carboxylic acids is 1. The Balaban J connectivity index is 1.62. The lowest BCUT2D eigenvalue weighted by Crippen LogP contribution is -2.37. The van der Waals surface area contributed by atoms with E-state index in [-0.39, 0.29) is 13.0 Å². The van der Waals surface area contributed by atoms with Crippen molar-refractivity contribution in [1.82, 2.24) is 14.9 Å². The van der Waals surface area contributed by atoms with Crippen LogP contribution in [-0.2, 0) is 16.1 Å². The molecule has 0 aliphatic heterocycles. The maximum Gasteiger partial charge on any atom is 0.329 e. The van der Waals surface area contributed by atoms with Crippen molar-refractivity contribution in [3.63, 3.8) is 0 Å². The second kappa shape index (κ2) is 6.80. The van der Waals surface area contributed by atoms with E-state index in [0.717, 1.165) is 5.56 Å². The van der Waals surface area contributed by atoms with Gasteiger partial charge in [0.05, 0.1) is 22.9 Å². The SMILES string of the molecule is O=C(Cn1c(=O)[nH]c(=O)c2ccccc21)NC1CC(C(=O)O)c2ccccc21. The summed E-state index contributed by atoms with van der Waals surface area (Å²) >= 11 is 0. The number of nitrogens with zero attached hydrogens (tertiary/aromatic N) is 1. The van der Waals surface area contributed by atoms with Crippen molar-refractivity contribution in [2.24, 2.45) is 0 Å². The standard InChI is InChI=1S/C20H17N3O5/c24-17(10-23-16-8-4-3-7-13(16)18(25)22-20(23)28)21-15-9-14(19(26)27)11-5-1-2-6-12(11)15/h1-8,14-15H,9-10H2,(H,21,24)(H,26,27)(H,22,25,28). The van der Waals surface area contributed by atoms with Gasteiger partial charge in [0, 0.05) is 0 Å². The van der Waals surface area contributed by atoms with Gasteiger partial charge in [-0.15, -0.1) is 0 Å².